The minimum atomic E-state index is 0.170. The van der Waals surface area contributed by atoms with Crippen LogP contribution >= 0.6 is 0 Å². The van der Waals surface area contributed by atoms with Crippen molar-refractivity contribution in [3.8, 4) is 11.5 Å². The summed E-state index contributed by atoms with van der Waals surface area (Å²) in [5.74, 6) is 1.40. The fraction of sp³-hybridized carbons (Fsp3) is 0.222. The second kappa shape index (κ2) is 9.82. The van der Waals surface area contributed by atoms with Gasteiger partial charge in [0.2, 0.25) is 0 Å². The Kier molecular flexibility index (Phi) is 6.41. The third kappa shape index (κ3) is 4.54. The molecule has 0 spiro atoms. The Morgan fingerprint density at radius 2 is 2.03 bits per heavy atom. The molecule has 1 fully saturated rings. The Morgan fingerprint density at radius 1 is 1.22 bits per heavy atom. The van der Waals surface area contributed by atoms with Crippen molar-refractivity contribution in [1.82, 2.24) is 39.6 Å². The van der Waals surface area contributed by atoms with Gasteiger partial charge in [-0.15, -0.1) is 0 Å². The number of H-pyrrole nitrogens is 2. The first-order valence-corrected chi connectivity index (χ1v) is 12.1. The van der Waals surface area contributed by atoms with E-state index >= 15 is 0 Å². The van der Waals surface area contributed by atoms with Crippen LogP contribution in [-0.4, -0.2) is 64.6 Å². The van der Waals surface area contributed by atoms with Gasteiger partial charge in [0.15, 0.2) is 11.5 Å². The fourth-order valence-corrected chi connectivity index (χ4v) is 4.32. The molecule has 1 aliphatic rings. The summed E-state index contributed by atoms with van der Waals surface area (Å²) in [5.41, 5.74) is 13.0. The predicted molar refractivity (Wildman–Crippen MR) is 148 cm³/mol. The summed E-state index contributed by atoms with van der Waals surface area (Å²) in [7, 11) is 0. The maximum atomic E-state index is 5.95. The number of nitrogens with one attached hydrogen (secondary N) is 2. The van der Waals surface area contributed by atoms with Gasteiger partial charge in [-0.2, -0.15) is 5.10 Å². The van der Waals surface area contributed by atoms with Gasteiger partial charge in [-0.3, -0.25) is 5.10 Å². The van der Waals surface area contributed by atoms with Crippen molar-refractivity contribution >= 4 is 28.3 Å². The summed E-state index contributed by atoms with van der Waals surface area (Å²) in [6.07, 6.45) is 11.0. The quantitative estimate of drug-likeness (QED) is 0.203. The van der Waals surface area contributed by atoms with Gasteiger partial charge >= 0.3 is 0 Å². The van der Waals surface area contributed by atoms with Gasteiger partial charge < -0.3 is 20.2 Å². The first kappa shape index (κ1) is 24.1. The van der Waals surface area contributed by atoms with E-state index in [-0.39, 0.29) is 6.04 Å². The average Bonchev–Trinajstić information content (AvgIpc) is 3.59. The molecule has 0 unspecified atom stereocenters. The van der Waals surface area contributed by atoms with Crippen molar-refractivity contribution in [3.05, 3.63) is 84.9 Å². The Hall–Kier alpha value is -4.57. The maximum Gasteiger partial charge on any atom is 0.161 e. The van der Waals surface area contributed by atoms with Gasteiger partial charge in [-0.1, -0.05) is 25.3 Å². The number of aromatic nitrogens is 7. The molecule has 10 nitrogen and oxygen atoms in total. The van der Waals surface area contributed by atoms with Gasteiger partial charge in [0.05, 0.1) is 34.6 Å². The Balaban J connectivity index is 1.53. The first-order chi connectivity index (χ1) is 17.9. The van der Waals surface area contributed by atoms with E-state index in [0.717, 1.165) is 58.6 Å². The number of imidazole rings is 2. The molecule has 4 aromatic rings. The highest BCUT2D eigenvalue weighted by molar-refractivity contribution is 5.97. The van der Waals surface area contributed by atoms with Gasteiger partial charge in [0, 0.05) is 31.0 Å². The zero-order valence-electron chi connectivity index (χ0n) is 21.2. The van der Waals surface area contributed by atoms with Gasteiger partial charge in [0.25, 0.3) is 0 Å². The summed E-state index contributed by atoms with van der Waals surface area (Å²) in [6.45, 7) is 15.2. The number of nitrogens with two attached hydrogens (primary N) is 1. The number of aromatic amines is 2. The number of nitrogens with zero attached hydrogens (tertiary/aromatic N) is 7. The highest BCUT2D eigenvalue weighted by atomic mass is 15.3. The molecule has 0 radical (unpaired) electrons. The number of rotatable bonds is 7. The van der Waals surface area contributed by atoms with Gasteiger partial charge in [-0.05, 0) is 45.1 Å². The van der Waals surface area contributed by atoms with Crippen molar-refractivity contribution in [1.29, 1.82) is 0 Å². The van der Waals surface area contributed by atoms with Crippen LogP contribution in [0.5, 0.6) is 0 Å². The molecular weight excluding hydrogens is 464 g/mol. The van der Waals surface area contributed by atoms with Crippen molar-refractivity contribution < 1.29 is 0 Å². The summed E-state index contributed by atoms with van der Waals surface area (Å²) < 4.78 is 1.93. The van der Waals surface area contributed by atoms with Crippen LogP contribution in [0.25, 0.3) is 33.9 Å². The van der Waals surface area contributed by atoms with E-state index in [1.54, 1.807) is 18.5 Å². The topological polar surface area (TPSA) is 130 Å². The van der Waals surface area contributed by atoms with Crippen molar-refractivity contribution in [2.45, 2.75) is 26.8 Å². The summed E-state index contributed by atoms with van der Waals surface area (Å²) in [6, 6.07) is 4.05. The number of fused-ring (bicyclic) bond motifs is 1. The highest BCUT2D eigenvalue weighted by Gasteiger charge is 2.25. The molecule has 188 valence electrons. The highest BCUT2D eigenvalue weighted by Crippen LogP contribution is 2.28. The number of pyridine rings is 1. The Morgan fingerprint density at radius 3 is 2.68 bits per heavy atom. The number of likely N-dealkylation sites (tertiary alicyclic amines) is 1. The van der Waals surface area contributed by atoms with E-state index in [1.165, 1.54) is 0 Å². The molecule has 1 saturated heterocycles. The zero-order chi connectivity index (χ0) is 26.1. The molecule has 0 aromatic carbocycles. The first-order valence-electron chi connectivity index (χ1n) is 12.1. The van der Waals surface area contributed by atoms with Crippen LogP contribution in [0.3, 0.4) is 0 Å². The zero-order valence-corrected chi connectivity index (χ0v) is 21.2. The number of aryl methyl sites for hydroxylation is 2. The largest absolute Gasteiger partial charge is 0.353 e. The van der Waals surface area contributed by atoms with Crippen LogP contribution in [0.1, 0.15) is 29.7 Å². The van der Waals surface area contributed by atoms with Crippen LogP contribution in [0.15, 0.2) is 67.1 Å². The standard InChI is InChI=1S/C27H30N10/c1-6-9-22(37-12-16(4)29-15-37)24-17(5)30-27(33-24)26-25-21(34-35-26)11-10-20(32-25)19(7-2)31-23(8-3)36-13-18(28)14-36/h6-12,15,18H,1,3,13-14,28H2,2,4-5H3,(H,30,33)(H,34,35)/b19-7-,22-9+,31-23?. The van der Waals surface area contributed by atoms with Crippen molar-refractivity contribution in [2.75, 3.05) is 13.1 Å². The molecular formula is C27H30N10. The van der Waals surface area contributed by atoms with Crippen LogP contribution < -0.4 is 5.73 Å². The summed E-state index contributed by atoms with van der Waals surface area (Å²) in [5, 5.41) is 7.60. The molecule has 4 aromatic heterocycles. The maximum absolute atomic E-state index is 5.95. The van der Waals surface area contributed by atoms with Crippen molar-refractivity contribution in [2.24, 2.45) is 10.7 Å². The van der Waals surface area contributed by atoms with Gasteiger partial charge in [-0.25, -0.2) is 19.9 Å². The van der Waals surface area contributed by atoms with Crippen molar-refractivity contribution in [3.63, 3.8) is 0 Å². The van der Waals surface area contributed by atoms with E-state index in [1.807, 2.05) is 55.8 Å². The van der Waals surface area contributed by atoms with E-state index in [9.17, 15) is 0 Å². The molecule has 0 amide bonds. The van der Waals surface area contributed by atoms with E-state index in [4.69, 9.17) is 20.7 Å². The van der Waals surface area contributed by atoms with Crippen LogP contribution in [-0.2, 0) is 0 Å². The lowest BCUT2D eigenvalue weighted by Crippen LogP contribution is -2.57. The molecule has 0 saturated carbocycles. The number of amidine groups is 1. The third-order valence-electron chi connectivity index (χ3n) is 6.21. The third-order valence-corrected chi connectivity index (χ3v) is 6.21. The van der Waals surface area contributed by atoms with Crippen LogP contribution in [0.4, 0.5) is 0 Å². The smallest absolute Gasteiger partial charge is 0.161 e. The minimum Gasteiger partial charge on any atom is -0.353 e. The van der Waals surface area contributed by atoms with Gasteiger partial charge in [0.1, 0.15) is 17.0 Å². The van der Waals surface area contributed by atoms with E-state index in [0.29, 0.717) is 17.0 Å². The summed E-state index contributed by atoms with van der Waals surface area (Å²) in [4.78, 5) is 24.5. The molecule has 0 atom stereocenters. The molecule has 0 bridgehead atoms. The molecule has 0 aliphatic carbocycles. The lowest BCUT2D eigenvalue weighted by atomic mass is 10.1. The van der Waals surface area contributed by atoms with E-state index < -0.39 is 0 Å². The minimum absolute atomic E-state index is 0.170. The fourth-order valence-electron chi connectivity index (χ4n) is 4.32. The number of allylic oxidation sites excluding steroid dienone is 3. The summed E-state index contributed by atoms with van der Waals surface area (Å²) >= 11 is 0. The van der Waals surface area contributed by atoms with Crippen LogP contribution in [0.2, 0.25) is 0 Å². The molecule has 1 aliphatic heterocycles. The molecule has 5 heterocycles. The number of aliphatic imine (C=N–C) groups is 1. The normalized spacial score (nSPS) is 15.4. The Labute approximate surface area is 215 Å². The molecule has 4 N–H and O–H groups in total. The molecule has 10 heteroatoms. The lowest BCUT2D eigenvalue weighted by Gasteiger charge is -2.38. The number of hydrogen-bond acceptors (Lipinski definition) is 6. The second-order valence-corrected chi connectivity index (χ2v) is 8.95. The van der Waals surface area contributed by atoms with Crippen LogP contribution in [0, 0.1) is 13.8 Å². The predicted octanol–water partition coefficient (Wildman–Crippen LogP) is 3.82. The molecule has 37 heavy (non-hydrogen) atoms. The monoisotopic (exact) mass is 494 g/mol. The second-order valence-electron chi connectivity index (χ2n) is 8.95. The van der Waals surface area contributed by atoms with E-state index in [2.05, 4.69) is 38.2 Å². The SMILES string of the molecule is C=C/C=C(\c1nc(-c2n[nH]c3ccc(/C(=C/C)N=C(C=C)N4CC(N)C4)nc23)[nH]c1C)n1cnc(C)c1. The average molecular weight is 495 g/mol. The number of hydrogen-bond donors (Lipinski definition) is 3. The Bertz CT molecular complexity index is 1570. The lowest BCUT2D eigenvalue weighted by molar-refractivity contribution is 0.256. The molecule has 5 rings (SSSR count).